The lowest BCUT2D eigenvalue weighted by Gasteiger charge is -2.23. The molecule has 0 saturated carbocycles. The molecule has 26 heavy (non-hydrogen) atoms. The summed E-state index contributed by atoms with van der Waals surface area (Å²) < 4.78 is 29.1. The number of benzene rings is 2. The monoisotopic (exact) mass is 394 g/mol. The topological polar surface area (TPSA) is 82.6 Å². The molecule has 0 radical (unpaired) electrons. The molecular formula is C18H23ClN4O2S. The first-order valence-corrected chi connectivity index (χ1v) is 9.84. The quantitative estimate of drug-likeness (QED) is 0.418. The summed E-state index contributed by atoms with van der Waals surface area (Å²) in [6, 6.07) is 13.4. The van der Waals surface area contributed by atoms with Gasteiger partial charge in [0.25, 0.3) is 10.0 Å². The fourth-order valence-electron chi connectivity index (χ4n) is 1.88. The highest BCUT2D eigenvalue weighted by atomic mass is 35.5. The van der Waals surface area contributed by atoms with Gasteiger partial charge in [-0.25, -0.2) is 5.43 Å². The van der Waals surface area contributed by atoms with Crippen molar-refractivity contribution in [3.8, 4) is 0 Å². The molecule has 0 aliphatic carbocycles. The molecule has 0 spiro atoms. The number of hydrogen-bond acceptors (Lipinski definition) is 3. The van der Waals surface area contributed by atoms with E-state index < -0.39 is 10.0 Å². The van der Waals surface area contributed by atoms with E-state index in [0.717, 1.165) is 5.56 Å². The zero-order valence-corrected chi connectivity index (χ0v) is 16.7. The number of rotatable bonds is 4. The Morgan fingerprint density at radius 3 is 2.12 bits per heavy atom. The van der Waals surface area contributed by atoms with Crippen molar-refractivity contribution in [3.63, 3.8) is 0 Å². The van der Waals surface area contributed by atoms with E-state index in [0.29, 0.717) is 10.7 Å². The van der Waals surface area contributed by atoms with Gasteiger partial charge in [-0.15, -0.1) is 4.40 Å². The summed E-state index contributed by atoms with van der Waals surface area (Å²) in [6.07, 6.45) is 0. The Hall–Kier alpha value is -2.09. The van der Waals surface area contributed by atoms with Crippen molar-refractivity contribution in [2.24, 2.45) is 4.40 Å². The Kier molecular flexibility index (Phi) is 6.28. The van der Waals surface area contributed by atoms with Gasteiger partial charge in [-0.3, -0.25) is 5.43 Å². The molecule has 0 fully saturated rings. The van der Waals surface area contributed by atoms with E-state index in [-0.39, 0.29) is 16.4 Å². The van der Waals surface area contributed by atoms with Gasteiger partial charge < -0.3 is 5.32 Å². The highest BCUT2D eigenvalue weighted by Gasteiger charge is 2.16. The fourth-order valence-corrected chi connectivity index (χ4v) is 2.92. The number of hydrogen-bond donors (Lipinski definition) is 3. The molecule has 0 amide bonds. The van der Waals surface area contributed by atoms with Crippen molar-refractivity contribution in [2.45, 2.75) is 38.1 Å². The molecule has 2 aromatic carbocycles. The average Bonchev–Trinajstić information content (AvgIpc) is 2.54. The van der Waals surface area contributed by atoms with Crippen LogP contribution in [0, 0.1) is 6.92 Å². The van der Waals surface area contributed by atoms with Crippen molar-refractivity contribution < 1.29 is 8.42 Å². The summed E-state index contributed by atoms with van der Waals surface area (Å²) in [5.41, 5.74) is 7.16. The van der Waals surface area contributed by atoms with Crippen molar-refractivity contribution in [3.05, 3.63) is 59.1 Å². The Balaban J connectivity index is 2.32. The summed E-state index contributed by atoms with van der Waals surface area (Å²) in [6.45, 7) is 7.71. The lowest BCUT2D eigenvalue weighted by atomic mass is 10.1. The first-order chi connectivity index (χ1) is 12.0. The number of sulfonamides is 1. The lowest BCUT2D eigenvalue weighted by molar-refractivity contribution is 0.403. The van der Waals surface area contributed by atoms with Crippen LogP contribution in [-0.2, 0) is 10.0 Å². The van der Waals surface area contributed by atoms with Gasteiger partial charge in [0, 0.05) is 16.2 Å². The van der Waals surface area contributed by atoms with E-state index in [1.165, 1.54) is 12.1 Å². The molecule has 0 aliphatic heterocycles. The van der Waals surface area contributed by atoms with Gasteiger partial charge in [-0.1, -0.05) is 29.3 Å². The predicted octanol–water partition coefficient (Wildman–Crippen LogP) is 3.70. The molecule has 0 aromatic heterocycles. The second-order valence-electron chi connectivity index (χ2n) is 6.86. The smallest absolute Gasteiger partial charge is 0.285 e. The van der Waals surface area contributed by atoms with Gasteiger partial charge >= 0.3 is 0 Å². The van der Waals surface area contributed by atoms with E-state index >= 15 is 0 Å². The van der Waals surface area contributed by atoms with Crippen molar-refractivity contribution in [1.29, 1.82) is 0 Å². The van der Waals surface area contributed by atoms with Gasteiger partial charge in [0.2, 0.25) is 5.96 Å². The predicted molar refractivity (Wildman–Crippen MR) is 107 cm³/mol. The third-order valence-electron chi connectivity index (χ3n) is 3.19. The number of nitrogens with one attached hydrogen (secondary N) is 3. The van der Waals surface area contributed by atoms with Crippen LogP contribution in [0.2, 0.25) is 5.02 Å². The van der Waals surface area contributed by atoms with Gasteiger partial charge in [-0.05, 0) is 64.1 Å². The minimum Gasteiger partial charge on any atom is -0.324 e. The van der Waals surface area contributed by atoms with Gasteiger partial charge in [-0.2, -0.15) is 8.42 Å². The van der Waals surface area contributed by atoms with Gasteiger partial charge in [0.15, 0.2) is 0 Å². The average molecular weight is 395 g/mol. The standard InChI is InChI=1S/C18H23ClN4O2S/c1-13-5-11-16(12-6-13)26(24,25)22-17(21-23-18(2,3)4)20-15-9-7-14(19)8-10-15/h5-12,23H,1-4H3,(H2,20,21,22). The summed E-state index contributed by atoms with van der Waals surface area (Å²) in [5, 5.41) is 3.54. The number of anilines is 1. The zero-order chi connectivity index (χ0) is 19.4. The number of hydrazine groups is 1. The normalized spacial score (nSPS) is 12.7. The largest absolute Gasteiger partial charge is 0.324 e. The molecule has 2 aromatic rings. The van der Waals surface area contributed by atoms with Gasteiger partial charge in [0.1, 0.15) is 0 Å². The van der Waals surface area contributed by atoms with Crippen LogP contribution in [0.5, 0.6) is 0 Å². The molecule has 0 atom stereocenters. The van der Waals surface area contributed by atoms with Crippen molar-refractivity contribution in [1.82, 2.24) is 10.9 Å². The lowest BCUT2D eigenvalue weighted by Crippen LogP contribution is -2.51. The van der Waals surface area contributed by atoms with Crippen LogP contribution in [0.1, 0.15) is 26.3 Å². The highest BCUT2D eigenvalue weighted by molar-refractivity contribution is 7.90. The third-order valence-corrected chi connectivity index (χ3v) is 4.74. The fraction of sp³-hybridized carbons (Fsp3) is 0.278. The van der Waals surface area contributed by atoms with E-state index in [9.17, 15) is 8.42 Å². The Morgan fingerprint density at radius 2 is 1.58 bits per heavy atom. The van der Waals surface area contributed by atoms with Crippen LogP contribution in [0.15, 0.2) is 57.8 Å². The van der Waals surface area contributed by atoms with E-state index in [4.69, 9.17) is 11.6 Å². The Labute approximate surface area is 159 Å². The summed E-state index contributed by atoms with van der Waals surface area (Å²) in [7, 11) is -3.88. The zero-order valence-electron chi connectivity index (χ0n) is 15.2. The van der Waals surface area contributed by atoms with Crippen LogP contribution in [0.4, 0.5) is 5.69 Å². The maximum Gasteiger partial charge on any atom is 0.285 e. The van der Waals surface area contributed by atoms with Crippen molar-refractivity contribution in [2.75, 3.05) is 5.32 Å². The number of nitrogens with zero attached hydrogens (tertiary/aromatic N) is 1. The van der Waals surface area contributed by atoms with Gasteiger partial charge in [0.05, 0.1) is 4.90 Å². The molecule has 0 aliphatic rings. The summed E-state index contributed by atoms with van der Waals surface area (Å²) >= 11 is 5.89. The Morgan fingerprint density at radius 1 is 1.00 bits per heavy atom. The van der Waals surface area contributed by atoms with E-state index in [2.05, 4.69) is 20.6 Å². The van der Waals surface area contributed by atoms with Crippen LogP contribution in [0.25, 0.3) is 0 Å². The summed E-state index contributed by atoms with van der Waals surface area (Å²) in [5.74, 6) is 0.0582. The number of aryl methyl sites for hydroxylation is 1. The minimum absolute atomic E-state index is 0.0582. The van der Waals surface area contributed by atoms with Crippen LogP contribution in [-0.4, -0.2) is 19.9 Å². The maximum atomic E-state index is 12.6. The molecule has 6 nitrogen and oxygen atoms in total. The SMILES string of the molecule is Cc1ccc(S(=O)(=O)N=C(NNC(C)(C)C)Nc2ccc(Cl)cc2)cc1. The number of guanidine groups is 1. The second-order valence-corrected chi connectivity index (χ2v) is 8.90. The molecule has 140 valence electrons. The van der Waals surface area contributed by atoms with Crippen LogP contribution in [0.3, 0.4) is 0 Å². The Bertz CT molecular complexity index is 871. The highest BCUT2D eigenvalue weighted by Crippen LogP contribution is 2.16. The third kappa shape index (κ3) is 6.33. The first-order valence-electron chi connectivity index (χ1n) is 8.03. The molecule has 0 bridgehead atoms. The van der Waals surface area contributed by atoms with E-state index in [1.807, 2.05) is 27.7 Å². The number of halogens is 1. The molecule has 0 unspecified atom stereocenters. The molecule has 2 rings (SSSR count). The van der Waals surface area contributed by atoms with Crippen LogP contribution >= 0.6 is 11.6 Å². The molecule has 0 heterocycles. The summed E-state index contributed by atoms with van der Waals surface area (Å²) in [4.78, 5) is 0.121. The molecule has 3 N–H and O–H groups in total. The van der Waals surface area contributed by atoms with Crippen molar-refractivity contribution >= 4 is 33.3 Å². The molecular weight excluding hydrogens is 372 g/mol. The van der Waals surface area contributed by atoms with E-state index in [1.54, 1.807) is 36.4 Å². The van der Waals surface area contributed by atoms with Crippen LogP contribution < -0.4 is 16.2 Å². The molecule has 8 heteroatoms. The minimum atomic E-state index is -3.88. The molecule has 0 saturated heterocycles. The first kappa shape index (κ1) is 20.2. The maximum absolute atomic E-state index is 12.6. The second kappa shape index (κ2) is 8.07.